The van der Waals surface area contributed by atoms with Crippen molar-refractivity contribution in [3.8, 4) is 0 Å². The Kier molecular flexibility index (Phi) is 6.87. The number of β-amino-alcohol motifs (C(OH)–C–C–N with tert-alkyl or cyclic N) is 1. The molecule has 3 heterocycles. The molecule has 2 fully saturated rings. The van der Waals surface area contributed by atoms with Gasteiger partial charge in [0.05, 0.1) is 12.5 Å². The predicted octanol–water partition coefficient (Wildman–Crippen LogP) is 1.39. The topological polar surface area (TPSA) is 52.0 Å². The molecule has 1 aromatic heterocycles. The molecule has 2 saturated heterocycles. The van der Waals surface area contributed by atoms with E-state index in [4.69, 9.17) is 0 Å². The van der Waals surface area contributed by atoms with Crippen LogP contribution in [0.25, 0.3) is 0 Å². The molecule has 162 valence electrons. The first-order chi connectivity index (χ1) is 14.6. The summed E-state index contributed by atoms with van der Waals surface area (Å²) in [5.74, 6) is 0.115. The molecule has 0 saturated carbocycles. The van der Waals surface area contributed by atoms with E-state index in [2.05, 4.69) is 40.1 Å². The smallest absolute Gasteiger partial charge is 0.227 e. The van der Waals surface area contributed by atoms with Gasteiger partial charge in [-0.05, 0) is 30.0 Å². The minimum absolute atomic E-state index is 0.115. The summed E-state index contributed by atoms with van der Waals surface area (Å²) in [7, 11) is 1.96. The average Bonchev–Trinajstić information content (AvgIpc) is 3.18. The Morgan fingerprint density at radius 2 is 1.80 bits per heavy atom. The monoisotopic (exact) mass is 410 g/mol. The molecule has 2 aromatic rings. The molecule has 0 aliphatic carbocycles. The third kappa shape index (κ3) is 5.31. The summed E-state index contributed by atoms with van der Waals surface area (Å²) in [6.45, 7) is 6.36. The summed E-state index contributed by atoms with van der Waals surface area (Å²) >= 11 is 0. The van der Waals surface area contributed by atoms with Crippen molar-refractivity contribution in [1.82, 2.24) is 19.3 Å². The lowest BCUT2D eigenvalue weighted by Crippen LogP contribution is -2.59. The first-order valence-electron chi connectivity index (χ1n) is 11.2. The van der Waals surface area contributed by atoms with Gasteiger partial charge in [0.15, 0.2) is 0 Å². The van der Waals surface area contributed by atoms with Gasteiger partial charge in [-0.1, -0.05) is 30.3 Å². The van der Waals surface area contributed by atoms with Gasteiger partial charge in [-0.2, -0.15) is 0 Å². The fourth-order valence-corrected chi connectivity index (χ4v) is 4.77. The lowest BCUT2D eigenvalue weighted by Gasteiger charge is -2.45. The van der Waals surface area contributed by atoms with Crippen LogP contribution in [-0.4, -0.2) is 88.2 Å². The Hall–Kier alpha value is -2.15. The summed E-state index contributed by atoms with van der Waals surface area (Å²) in [4.78, 5) is 19.4. The van der Waals surface area contributed by atoms with Crippen LogP contribution >= 0.6 is 0 Å². The van der Waals surface area contributed by atoms with Gasteiger partial charge in [0.2, 0.25) is 5.91 Å². The fraction of sp³-hybridized carbons (Fsp3) is 0.542. The number of rotatable bonds is 6. The SMILES string of the molecule is Cn1ccc(CC(=O)N2CC[C@@H](N3CCN(CCc4ccccc4)CC3)[C@H](O)C2)c1. The van der Waals surface area contributed by atoms with E-state index in [-0.39, 0.29) is 11.9 Å². The summed E-state index contributed by atoms with van der Waals surface area (Å²) in [5.41, 5.74) is 2.42. The lowest BCUT2D eigenvalue weighted by molar-refractivity contribution is -0.135. The van der Waals surface area contributed by atoms with Gasteiger partial charge < -0.3 is 19.5 Å². The van der Waals surface area contributed by atoms with Crippen LogP contribution in [0.4, 0.5) is 0 Å². The maximum absolute atomic E-state index is 12.6. The van der Waals surface area contributed by atoms with Crippen LogP contribution in [0, 0.1) is 0 Å². The van der Waals surface area contributed by atoms with E-state index in [0.717, 1.165) is 57.7 Å². The van der Waals surface area contributed by atoms with Crippen molar-refractivity contribution in [1.29, 1.82) is 0 Å². The van der Waals surface area contributed by atoms with E-state index >= 15 is 0 Å². The zero-order valence-electron chi connectivity index (χ0n) is 18.0. The standard InChI is InChI=1S/C24H34N4O2/c1-25-10-7-21(18-25)17-24(30)28-12-9-22(23(29)19-28)27-15-13-26(14-16-27)11-8-20-5-3-2-4-6-20/h2-7,10,18,22-23,29H,8-9,11-17,19H2,1H3/t22-,23-/m1/s1. The Balaban J connectivity index is 1.21. The third-order valence-corrected chi connectivity index (χ3v) is 6.58. The highest BCUT2D eigenvalue weighted by molar-refractivity contribution is 5.78. The van der Waals surface area contributed by atoms with Crippen LogP contribution in [0.3, 0.4) is 0 Å². The molecular formula is C24H34N4O2. The predicted molar refractivity (Wildman–Crippen MR) is 118 cm³/mol. The minimum atomic E-state index is -0.464. The second kappa shape index (κ2) is 9.77. The maximum atomic E-state index is 12.6. The van der Waals surface area contributed by atoms with Gasteiger partial charge in [0.1, 0.15) is 0 Å². The number of amides is 1. The summed E-state index contributed by atoms with van der Waals surface area (Å²) in [6, 6.07) is 12.8. The molecule has 2 aliphatic rings. The van der Waals surface area contributed by atoms with Crippen LogP contribution in [0.15, 0.2) is 48.8 Å². The number of piperidine rings is 1. The van der Waals surface area contributed by atoms with Crippen molar-refractivity contribution in [3.05, 3.63) is 59.9 Å². The second-order valence-electron chi connectivity index (χ2n) is 8.74. The Morgan fingerprint density at radius 3 is 2.47 bits per heavy atom. The number of likely N-dealkylation sites (tertiary alicyclic amines) is 1. The molecular weight excluding hydrogens is 376 g/mol. The van der Waals surface area contributed by atoms with Crippen molar-refractivity contribution in [2.45, 2.75) is 31.4 Å². The zero-order chi connectivity index (χ0) is 20.9. The molecule has 1 aromatic carbocycles. The van der Waals surface area contributed by atoms with E-state index in [0.29, 0.717) is 13.0 Å². The highest BCUT2D eigenvalue weighted by Crippen LogP contribution is 2.20. The molecule has 1 N–H and O–H groups in total. The molecule has 0 spiro atoms. The largest absolute Gasteiger partial charge is 0.390 e. The van der Waals surface area contributed by atoms with E-state index in [9.17, 15) is 9.90 Å². The van der Waals surface area contributed by atoms with Crippen molar-refractivity contribution in [2.24, 2.45) is 7.05 Å². The van der Waals surface area contributed by atoms with Crippen molar-refractivity contribution >= 4 is 5.91 Å². The number of aryl methyl sites for hydroxylation is 1. The van der Waals surface area contributed by atoms with E-state index < -0.39 is 6.10 Å². The summed E-state index contributed by atoms with van der Waals surface area (Å²) < 4.78 is 1.96. The number of carbonyl (C=O) groups is 1. The quantitative estimate of drug-likeness (QED) is 0.782. The highest BCUT2D eigenvalue weighted by atomic mass is 16.3. The molecule has 0 unspecified atom stereocenters. The molecule has 2 atom stereocenters. The Labute approximate surface area is 179 Å². The van der Waals surface area contributed by atoms with Gasteiger partial charge in [0, 0.05) is 71.3 Å². The lowest BCUT2D eigenvalue weighted by atomic mass is 9.98. The first-order valence-corrected chi connectivity index (χ1v) is 11.2. The number of aliphatic hydroxyl groups is 1. The molecule has 2 aliphatic heterocycles. The number of piperazine rings is 1. The van der Waals surface area contributed by atoms with Crippen molar-refractivity contribution in [3.63, 3.8) is 0 Å². The average molecular weight is 411 g/mol. The molecule has 0 radical (unpaired) electrons. The number of carbonyl (C=O) groups excluding carboxylic acids is 1. The number of hydrogen-bond acceptors (Lipinski definition) is 4. The van der Waals surface area contributed by atoms with E-state index in [1.807, 2.05) is 35.0 Å². The van der Waals surface area contributed by atoms with Gasteiger partial charge >= 0.3 is 0 Å². The fourth-order valence-electron chi connectivity index (χ4n) is 4.77. The Morgan fingerprint density at radius 1 is 1.03 bits per heavy atom. The number of nitrogens with zero attached hydrogens (tertiary/aromatic N) is 4. The van der Waals surface area contributed by atoms with Crippen LogP contribution in [0.2, 0.25) is 0 Å². The Bertz CT molecular complexity index is 814. The third-order valence-electron chi connectivity index (χ3n) is 6.58. The van der Waals surface area contributed by atoms with Crippen molar-refractivity contribution in [2.75, 3.05) is 45.8 Å². The molecule has 1 amide bonds. The molecule has 30 heavy (non-hydrogen) atoms. The highest BCUT2D eigenvalue weighted by Gasteiger charge is 2.35. The van der Waals surface area contributed by atoms with Crippen LogP contribution in [0.5, 0.6) is 0 Å². The summed E-state index contributed by atoms with van der Waals surface area (Å²) in [6.07, 6.45) is 5.84. The van der Waals surface area contributed by atoms with Gasteiger partial charge in [-0.15, -0.1) is 0 Å². The van der Waals surface area contributed by atoms with Gasteiger partial charge in [-0.25, -0.2) is 0 Å². The van der Waals surface area contributed by atoms with Crippen LogP contribution in [-0.2, 0) is 24.7 Å². The molecule has 0 bridgehead atoms. The van der Waals surface area contributed by atoms with Crippen LogP contribution in [0.1, 0.15) is 17.5 Å². The first kappa shape index (κ1) is 21.1. The summed E-state index contributed by atoms with van der Waals surface area (Å²) in [5, 5.41) is 10.8. The molecule has 6 heteroatoms. The normalized spacial score (nSPS) is 23.6. The minimum Gasteiger partial charge on any atom is -0.390 e. The van der Waals surface area contributed by atoms with Gasteiger partial charge in [0.25, 0.3) is 0 Å². The van der Waals surface area contributed by atoms with E-state index in [1.54, 1.807) is 0 Å². The second-order valence-corrected chi connectivity index (χ2v) is 8.74. The number of aromatic nitrogens is 1. The van der Waals surface area contributed by atoms with Gasteiger partial charge in [-0.3, -0.25) is 9.69 Å². The zero-order valence-corrected chi connectivity index (χ0v) is 18.0. The number of aliphatic hydroxyl groups excluding tert-OH is 1. The number of benzene rings is 1. The molecule has 4 rings (SSSR count). The van der Waals surface area contributed by atoms with Crippen molar-refractivity contribution < 1.29 is 9.90 Å². The van der Waals surface area contributed by atoms with Crippen LogP contribution < -0.4 is 0 Å². The maximum Gasteiger partial charge on any atom is 0.227 e. The molecule has 6 nitrogen and oxygen atoms in total. The van der Waals surface area contributed by atoms with E-state index in [1.165, 1.54) is 5.56 Å². The number of hydrogen-bond donors (Lipinski definition) is 1.